The van der Waals surface area contributed by atoms with Crippen LogP contribution in [0.1, 0.15) is 12.5 Å². The van der Waals surface area contributed by atoms with Crippen LogP contribution in [0.25, 0.3) is 5.57 Å². The Balaban J connectivity index is 3.37. The molecule has 0 radical (unpaired) electrons. The second kappa shape index (κ2) is 3.95. The van der Waals surface area contributed by atoms with Crippen LogP contribution in [0, 0.1) is 7.14 Å². The summed E-state index contributed by atoms with van der Waals surface area (Å²) in [4.78, 5) is 0. The SMILES string of the molecule is C=C(C)c1cc(I)cc(I)c1N. The molecule has 2 N–H and O–H groups in total. The van der Waals surface area contributed by atoms with Crippen LogP contribution in [-0.2, 0) is 0 Å². The lowest BCUT2D eigenvalue weighted by molar-refractivity contribution is 1.51. The van der Waals surface area contributed by atoms with Crippen LogP contribution in [0.5, 0.6) is 0 Å². The van der Waals surface area contributed by atoms with Crippen molar-refractivity contribution in [3.05, 3.63) is 31.4 Å². The lowest BCUT2D eigenvalue weighted by Gasteiger charge is -2.07. The summed E-state index contributed by atoms with van der Waals surface area (Å²) in [6.07, 6.45) is 0. The molecule has 0 aliphatic heterocycles. The molecule has 0 aliphatic rings. The summed E-state index contributed by atoms with van der Waals surface area (Å²) in [5.41, 5.74) is 8.80. The number of hydrogen-bond acceptors (Lipinski definition) is 1. The maximum Gasteiger partial charge on any atom is 0.0526 e. The van der Waals surface area contributed by atoms with Crippen molar-refractivity contribution in [2.75, 3.05) is 5.73 Å². The highest BCUT2D eigenvalue weighted by molar-refractivity contribution is 14.1. The van der Waals surface area contributed by atoms with E-state index < -0.39 is 0 Å². The van der Waals surface area contributed by atoms with E-state index in [1.165, 1.54) is 3.57 Å². The summed E-state index contributed by atoms with van der Waals surface area (Å²) in [5.74, 6) is 0. The largest absolute Gasteiger partial charge is 0.397 e. The van der Waals surface area contributed by atoms with Gasteiger partial charge in [0, 0.05) is 12.7 Å². The lowest BCUT2D eigenvalue weighted by atomic mass is 10.1. The summed E-state index contributed by atoms with van der Waals surface area (Å²) in [7, 11) is 0. The van der Waals surface area contributed by atoms with Gasteiger partial charge in [-0.3, -0.25) is 0 Å². The second-order valence-electron chi connectivity index (χ2n) is 2.63. The van der Waals surface area contributed by atoms with Crippen LogP contribution in [0.15, 0.2) is 18.7 Å². The molecular formula is C9H9I2N. The molecule has 64 valence electrons. The van der Waals surface area contributed by atoms with Gasteiger partial charge in [-0.2, -0.15) is 0 Å². The summed E-state index contributed by atoms with van der Waals surface area (Å²) in [6, 6.07) is 4.11. The van der Waals surface area contributed by atoms with Crippen molar-refractivity contribution in [1.29, 1.82) is 0 Å². The van der Waals surface area contributed by atoms with Crippen LogP contribution in [-0.4, -0.2) is 0 Å². The van der Waals surface area contributed by atoms with Gasteiger partial charge in [-0.1, -0.05) is 6.58 Å². The van der Waals surface area contributed by atoms with Crippen molar-refractivity contribution in [2.24, 2.45) is 0 Å². The van der Waals surface area contributed by atoms with E-state index in [0.29, 0.717) is 0 Å². The third kappa shape index (κ3) is 2.12. The van der Waals surface area contributed by atoms with Gasteiger partial charge in [0.15, 0.2) is 0 Å². The molecule has 0 atom stereocenters. The van der Waals surface area contributed by atoms with Gasteiger partial charge in [0.1, 0.15) is 0 Å². The first-order chi connectivity index (χ1) is 5.52. The number of rotatable bonds is 1. The number of halogens is 2. The fourth-order valence-electron chi connectivity index (χ4n) is 0.938. The van der Waals surface area contributed by atoms with Gasteiger partial charge < -0.3 is 5.73 Å². The van der Waals surface area contributed by atoms with E-state index in [1.54, 1.807) is 0 Å². The molecule has 0 aromatic heterocycles. The molecule has 0 bridgehead atoms. The highest BCUT2D eigenvalue weighted by Gasteiger charge is 2.04. The van der Waals surface area contributed by atoms with Crippen LogP contribution in [0.2, 0.25) is 0 Å². The predicted octanol–water partition coefficient (Wildman–Crippen LogP) is 3.51. The number of nitrogens with two attached hydrogens (primary N) is 1. The van der Waals surface area contributed by atoms with E-state index in [1.807, 2.05) is 6.92 Å². The number of benzene rings is 1. The van der Waals surface area contributed by atoms with Gasteiger partial charge in [-0.05, 0) is 69.8 Å². The smallest absolute Gasteiger partial charge is 0.0526 e. The van der Waals surface area contributed by atoms with Gasteiger partial charge >= 0.3 is 0 Å². The van der Waals surface area contributed by atoms with Crippen molar-refractivity contribution < 1.29 is 0 Å². The first kappa shape index (κ1) is 10.3. The van der Waals surface area contributed by atoms with Gasteiger partial charge in [-0.15, -0.1) is 0 Å². The number of nitrogen functional groups attached to an aromatic ring is 1. The zero-order chi connectivity index (χ0) is 9.30. The normalized spacial score (nSPS) is 9.92. The first-order valence-corrected chi connectivity index (χ1v) is 5.58. The lowest BCUT2D eigenvalue weighted by Crippen LogP contribution is -1.96. The molecule has 1 rings (SSSR count). The second-order valence-corrected chi connectivity index (χ2v) is 5.04. The number of anilines is 1. The maximum atomic E-state index is 5.88. The minimum absolute atomic E-state index is 0.837. The van der Waals surface area contributed by atoms with Crippen molar-refractivity contribution in [3.8, 4) is 0 Å². The van der Waals surface area contributed by atoms with E-state index >= 15 is 0 Å². The Morgan fingerprint density at radius 2 is 2.00 bits per heavy atom. The number of hydrogen-bond donors (Lipinski definition) is 1. The number of allylic oxidation sites excluding steroid dienone is 1. The summed E-state index contributed by atoms with van der Waals surface area (Å²) >= 11 is 4.52. The molecule has 1 aromatic rings. The molecule has 0 amide bonds. The highest BCUT2D eigenvalue weighted by Crippen LogP contribution is 2.27. The fraction of sp³-hybridized carbons (Fsp3) is 0.111. The molecule has 0 heterocycles. The summed E-state index contributed by atoms with van der Waals surface area (Å²) in [6.45, 7) is 5.85. The van der Waals surface area contributed by atoms with Crippen LogP contribution in [0.4, 0.5) is 5.69 Å². The Hall–Kier alpha value is 0.220. The molecule has 0 saturated carbocycles. The molecule has 1 aromatic carbocycles. The Morgan fingerprint density at radius 3 is 2.50 bits per heavy atom. The molecule has 0 spiro atoms. The van der Waals surface area contributed by atoms with Crippen LogP contribution >= 0.6 is 45.2 Å². The third-order valence-corrected chi connectivity index (χ3v) is 3.07. The van der Waals surface area contributed by atoms with E-state index in [-0.39, 0.29) is 0 Å². The van der Waals surface area contributed by atoms with E-state index in [4.69, 9.17) is 5.73 Å². The molecule has 0 aliphatic carbocycles. The van der Waals surface area contributed by atoms with Crippen molar-refractivity contribution in [3.63, 3.8) is 0 Å². The molecule has 0 saturated heterocycles. The first-order valence-electron chi connectivity index (χ1n) is 3.42. The molecule has 3 heteroatoms. The molecule has 0 unspecified atom stereocenters. The van der Waals surface area contributed by atoms with Crippen molar-refractivity contribution >= 4 is 56.4 Å². The van der Waals surface area contributed by atoms with Crippen molar-refractivity contribution in [2.45, 2.75) is 6.92 Å². The predicted molar refractivity (Wildman–Crippen MR) is 71.0 cm³/mol. The van der Waals surface area contributed by atoms with Crippen molar-refractivity contribution in [1.82, 2.24) is 0 Å². The molecule has 0 fully saturated rings. The highest BCUT2D eigenvalue weighted by atomic mass is 127. The maximum absolute atomic E-state index is 5.88. The topological polar surface area (TPSA) is 26.0 Å². The van der Waals surface area contributed by atoms with Gasteiger partial charge in [0.2, 0.25) is 0 Å². The zero-order valence-electron chi connectivity index (χ0n) is 6.70. The summed E-state index contributed by atoms with van der Waals surface area (Å²) in [5, 5.41) is 0. The zero-order valence-corrected chi connectivity index (χ0v) is 11.0. The third-order valence-electron chi connectivity index (χ3n) is 1.55. The monoisotopic (exact) mass is 385 g/mol. The van der Waals surface area contributed by atoms with E-state index in [2.05, 4.69) is 63.9 Å². The summed E-state index contributed by atoms with van der Waals surface area (Å²) < 4.78 is 2.29. The molecule has 1 nitrogen and oxygen atoms in total. The Bertz CT molecular complexity index is 332. The Morgan fingerprint density at radius 1 is 1.42 bits per heavy atom. The standard InChI is InChI=1S/C9H9I2N/c1-5(2)7-3-6(10)4-8(11)9(7)12/h3-4H,1,12H2,2H3. The fourth-order valence-corrected chi connectivity index (χ4v) is 2.78. The Labute approximate surface area is 99.7 Å². The van der Waals surface area contributed by atoms with Gasteiger partial charge in [0.25, 0.3) is 0 Å². The van der Waals surface area contributed by atoms with Gasteiger partial charge in [0.05, 0.1) is 5.69 Å². The van der Waals surface area contributed by atoms with E-state index in [9.17, 15) is 0 Å². The minimum atomic E-state index is 0.837. The van der Waals surface area contributed by atoms with Crippen LogP contribution < -0.4 is 5.73 Å². The average Bonchev–Trinajstić information content (AvgIpc) is 1.96. The average molecular weight is 385 g/mol. The van der Waals surface area contributed by atoms with Crippen LogP contribution in [0.3, 0.4) is 0 Å². The van der Waals surface area contributed by atoms with Gasteiger partial charge in [-0.25, -0.2) is 0 Å². The molecule has 12 heavy (non-hydrogen) atoms. The quantitative estimate of drug-likeness (QED) is 0.582. The molecular weight excluding hydrogens is 376 g/mol. The Kier molecular flexibility index (Phi) is 3.39. The van der Waals surface area contributed by atoms with E-state index in [0.717, 1.165) is 20.4 Å². The minimum Gasteiger partial charge on any atom is -0.397 e.